The Bertz CT molecular complexity index is 690. The Morgan fingerprint density at radius 3 is 2.89 bits per heavy atom. The average Bonchev–Trinajstić information content (AvgIpc) is 3.00. The van der Waals surface area contributed by atoms with Gasteiger partial charge in [-0.25, -0.2) is 9.59 Å². The van der Waals surface area contributed by atoms with Gasteiger partial charge in [-0.3, -0.25) is 4.90 Å². The van der Waals surface area contributed by atoms with Gasteiger partial charge in [0.1, 0.15) is 5.69 Å². The molecule has 6 nitrogen and oxygen atoms in total. The van der Waals surface area contributed by atoms with Crippen LogP contribution in [0, 0.1) is 0 Å². The molecular weight excluding hydrogens is 246 g/mol. The minimum atomic E-state index is -0.457. The molecule has 98 valence electrons. The Labute approximate surface area is 109 Å². The van der Waals surface area contributed by atoms with Crippen molar-refractivity contribution in [1.29, 1.82) is 0 Å². The Kier molecular flexibility index (Phi) is 2.45. The highest BCUT2D eigenvalue weighted by Crippen LogP contribution is 2.34. The van der Waals surface area contributed by atoms with Crippen LogP contribution in [0.5, 0.6) is 0 Å². The van der Waals surface area contributed by atoms with Crippen LogP contribution in [0.25, 0.3) is 10.9 Å². The molecule has 0 bridgehead atoms. The Hall–Kier alpha value is -2.50. The Balaban J connectivity index is 2.16. The van der Waals surface area contributed by atoms with E-state index < -0.39 is 12.0 Å². The van der Waals surface area contributed by atoms with E-state index in [1.165, 1.54) is 7.11 Å². The number of primary amides is 1. The molecule has 1 aromatic heterocycles. The number of ether oxygens (including phenoxy) is 1. The fourth-order valence-corrected chi connectivity index (χ4v) is 2.56. The summed E-state index contributed by atoms with van der Waals surface area (Å²) in [7, 11) is 1.34. The maximum atomic E-state index is 11.5. The first-order chi connectivity index (χ1) is 9.11. The number of H-pyrrole nitrogens is 1. The summed E-state index contributed by atoms with van der Waals surface area (Å²) in [6.45, 7) is 0.572. The second kappa shape index (κ2) is 4.01. The topological polar surface area (TPSA) is 88.4 Å². The minimum absolute atomic E-state index is 0.406. The number of methoxy groups -OCH3 is 1. The molecule has 1 aliphatic heterocycles. The number of amides is 2. The molecule has 0 fully saturated rings. The average molecular weight is 259 g/mol. The molecule has 6 heteroatoms. The van der Waals surface area contributed by atoms with E-state index in [4.69, 9.17) is 5.73 Å². The fraction of sp³-hybridized carbons (Fsp3) is 0.231. The van der Waals surface area contributed by atoms with Crippen molar-refractivity contribution in [2.45, 2.75) is 6.42 Å². The number of fused-ring (bicyclic) bond motifs is 3. The van der Waals surface area contributed by atoms with Gasteiger partial charge in [0.05, 0.1) is 7.11 Å². The number of nitrogens with zero attached hydrogens (tertiary/aromatic N) is 1. The zero-order valence-corrected chi connectivity index (χ0v) is 10.4. The molecule has 0 aliphatic carbocycles. The predicted octanol–water partition coefficient (Wildman–Crippen LogP) is 1.40. The third-order valence-corrected chi connectivity index (χ3v) is 3.44. The first kappa shape index (κ1) is 11.6. The van der Waals surface area contributed by atoms with E-state index >= 15 is 0 Å². The number of nitrogens with two attached hydrogens (primary N) is 1. The van der Waals surface area contributed by atoms with Gasteiger partial charge >= 0.3 is 12.0 Å². The second-order valence-electron chi connectivity index (χ2n) is 4.44. The summed E-state index contributed by atoms with van der Waals surface area (Å²) in [5, 5.41) is 0.932. The molecule has 2 aromatic rings. The Morgan fingerprint density at radius 2 is 2.21 bits per heavy atom. The largest absolute Gasteiger partial charge is 0.464 e. The number of hydrogen-bond acceptors (Lipinski definition) is 3. The van der Waals surface area contributed by atoms with Crippen LogP contribution >= 0.6 is 0 Å². The number of carbonyl (C=O) groups is 2. The smallest absolute Gasteiger partial charge is 0.354 e. The van der Waals surface area contributed by atoms with Gasteiger partial charge < -0.3 is 15.5 Å². The maximum absolute atomic E-state index is 11.5. The lowest BCUT2D eigenvalue weighted by atomic mass is 10.1. The number of aromatic amines is 1. The van der Waals surface area contributed by atoms with E-state index in [9.17, 15) is 9.59 Å². The van der Waals surface area contributed by atoms with Gasteiger partial charge in [0.15, 0.2) is 0 Å². The molecular formula is C13H13N3O3. The van der Waals surface area contributed by atoms with Crippen LogP contribution in [-0.4, -0.2) is 30.6 Å². The van der Waals surface area contributed by atoms with Crippen molar-refractivity contribution in [2.75, 3.05) is 18.6 Å². The summed E-state index contributed by atoms with van der Waals surface area (Å²) in [6, 6.07) is 4.97. The standard InChI is InChI=1S/C13H13N3O3/c1-19-12(17)10-6-8-7-4-5-16(13(14)18)11(7)3-2-9(8)15-10/h2-3,6,15H,4-5H2,1H3,(H2,14,18). The molecule has 0 atom stereocenters. The van der Waals surface area contributed by atoms with Crippen molar-refractivity contribution >= 4 is 28.6 Å². The van der Waals surface area contributed by atoms with Crippen molar-refractivity contribution in [3.8, 4) is 0 Å². The predicted molar refractivity (Wildman–Crippen MR) is 70.3 cm³/mol. The number of anilines is 1. The normalized spacial score (nSPS) is 13.6. The van der Waals surface area contributed by atoms with E-state index in [1.54, 1.807) is 11.0 Å². The first-order valence-corrected chi connectivity index (χ1v) is 5.91. The zero-order valence-electron chi connectivity index (χ0n) is 10.4. The van der Waals surface area contributed by atoms with Crippen LogP contribution in [-0.2, 0) is 11.2 Å². The number of benzene rings is 1. The minimum Gasteiger partial charge on any atom is -0.464 e. The molecule has 0 radical (unpaired) electrons. The van der Waals surface area contributed by atoms with Crippen molar-refractivity contribution in [1.82, 2.24) is 4.98 Å². The molecule has 19 heavy (non-hydrogen) atoms. The lowest BCUT2D eigenvalue weighted by molar-refractivity contribution is 0.0595. The lowest BCUT2D eigenvalue weighted by Gasteiger charge is -2.13. The number of carbonyl (C=O) groups excluding carboxylic acids is 2. The van der Waals surface area contributed by atoms with Crippen molar-refractivity contribution in [3.63, 3.8) is 0 Å². The van der Waals surface area contributed by atoms with Gasteiger partial charge in [0.2, 0.25) is 0 Å². The van der Waals surface area contributed by atoms with Crippen molar-refractivity contribution in [2.24, 2.45) is 5.73 Å². The molecule has 3 rings (SSSR count). The lowest BCUT2D eigenvalue weighted by Crippen LogP contribution is -2.33. The van der Waals surface area contributed by atoms with Crippen LogP contribution in [0.4, 0.5) is 10.5 Å². The number of urea groups is 1. The van der Waals surface area contributed by atoms with E-state index in [0.717, 1.165) is 28.6 Å². The number of rotatable bonds is 1. The van der Waals surface area contributed by atoms with Crippen LogP contribution in [0.3, 0.4) is 0 Å². The molecule has 2 amide bonds. The van der Waals surface area contributed by atoms with Gasteiger partial charge in [-0.05, 0) is 30.2 Å². The second-order valence-corrected chi connectivity index (χ2v) is 4.44. The SMILES string of the molecule is COC(=O)c1cc2c3c(ccc2[nH]1)N(C(N)=O)CC3. The van der Waals surface area contributed by atoms with E-state index in [0.29, 0.717) is 12.2 Å². The van der Waals surface area contributed by atoms with Crippen molar-refractivity contribution in [3.05, 3.63) is 29.5 Å². The summed E-state index contributed by atoms with van der Waals surface area (Å²) in [5.41, 5.74) is 8.44. The first-order valence-electron chi connectivity index (χ1n) is 5.91. The van der Waals surface area contributed by atoms with Crippen molar-refractivity contribution < 1.29 is 14.3 Å². The summed E-state index contributed by atoms with van der Waals surface area (Å²) in [6.07, 6.45) is 0.730. The number of esters is 1. The molecule has 2 heterocycles. The highest BCUT2D eigenvalue weighted by Gasteiger charge is 2.25. The molecule has 1 aromatic carbocycles. The van der Waals surface area contributed by atoms with Crippen LogP contribution in [0.1, 0.15) is 16.1 Å². The Morgan fingerprint density at radius 1 is 1.42 bits per heavy atom. The molecule has 0 saturated carbocycles. The van der Waals surface area contributed by atoms with Gasteiger partial charge in [-0.2, -0.15) is 0 Å². The van der Waals surface area contributed by atoms with Gasteiger partial charge in [0, 0.05) is 23.1 Å². The monoisotopic (exact) mass is 259 g/mol. The van der Waals surface area contributed by atoms with Crippen LogP contribution in [0.15, 0.2) is 18.2 Å². The van der Waals surface area contributed by atoms with E-state index in [-0.39, 0.29) is 0 Å². The molecule has 0 unspecified atom stereocenters. The summed E-state index contributed by atoms with van der Waals surface area (Å²) in [4.78, 5) is 27.4. The van der Waals surface area contributed by atoms with Gasteiger partial charge in [-0.15, -0.1) is 0 Å². The molecule has 3 N–H and O–H groups in total. The zero-order chi connectivity index (χ0) is 13.6. The summed E-state index contributed by atoms with van der Waals surface area (Å²) < 4.78 is 4.69. The number of aromatic nitrogens is 1. The summed E-state index contributed by atoms with van der Waals surface area (Å²) in [5.74, 6) is -0.408. The van der Waals surface area contributed by atoms with Gasteiger partial charge in [0.25, 0.3) is 0 Å². The molecule has 0 saturated heterocycles. The molecule has 1 aliphatic rings. The fourth-order valence-electron chi connectivity index (χ4n) is 2.56. The van der Waals surface area contributed by atoms with Crippen LogP contribution in [0.2, 0.25) is 0 Å². The van der Waals surface area contributed by atoms with Gasteiger partial charge in [-0.1, -0.05) is 0 Å². The third-order valence-electron chi connectivity index (χ3n) is 3.44. The van der Waals surface area contributed by atoms with Crippen LogP contribution < -0.4 is 10.6 Å². The van der Waals surface area contributed by atoms with E-state index in [1.807, 2.05) is 12.1 Å². The van der Waals surface area contributed by atoms with E-state index in [2.05, 4.69) is 9.72 Å². The third kappa shape index (κ3) is 1.64. The number of nitrogens with one attached hydrogen (secondary N) is 1. The maximum Gasteiger partial charge on any atom is 0.354 e. The summed E-state index contributed by atoms with van der Waals surface area (Å²) >= 11 is 0. The number of hydrogen-bond donors (Lipinski definition) is 2. The highest BCUT2D eigenvalue weighted by atomic mass is 16.5. The molecule has 0 spiro atoms. The quantitative estimate of drug-likeness (QED) is 0.758. The highest BCUT2D eigenvalue weighted by molar-refractivity contribution is 6.01.